The summed E-state index contributed by atoms with van der Waals surface area (Å²) in [5.74, 6) is -0.805. The van der Waals surface area contributed by atoms with Gasteiger partial charge in [-0.25, -0.2) is 0 Å². The van der Waals surface area contributed by atoms with Gasteiger partial charge in [-0.1, -0.05) is 11.6 Å². The Morgan fingerprint density at radius 2 is 1.67 bits per heavy atom. The van der Waals surface area contributed by atoms with E-state index in [0.29, 0.717) is 16.9 Å². The largest absolute Gasteiger partial charge is 0.433 e. The van der Waals surface area contributed by atoms with Gasteiger partial charge in [0.25, 0.3) is 5.91 Å². The second kappa shape index (κ2) is 7.74. The summed E-state index contributed by atoms with van der Waals surface area (Å²) in [5.41, 5.74) is 1.25. The van der Waals surface area contributed by atoms with Crippen molar-refractivity contribution in [3.63, 3.8) is 0 Å². The van der Waals surface area contributed by atoms with Gasteiger partial charge in [0, 0.05) is 23.9 Å². The minimum Gasteiger partial charge on any atom is -0.433 e. The number of rotatable bonds is 5. The molecular weight excluding hydrogens is 342 g/mol. The number of benzene rings is 2. The minimum absolute atomic E-state index is 0.0471. The highest BCUT2D eigenvalue weighted by atomic mass is 35.5. The van der Waals surface area contributed by atoms with E-state index in [0.717, 1.165) is 0 Å². The van der Waals surface area contributed by atoms with Crippen LogP contribution in [0.25, 0.3) is 0 Å². The summed E-state index contributed by atoms with van der Waals surface area (Å²) in [4.78, 5) is 23.1. The van der Waals surface area contributed by atoms with Crippen LogP contribution in [-0.4, -0.2) is 18.4 Å². The lowest BCUT2D eigenvalue weighted by molar-refractivity contribution is -0.114. The highest BCUT2D eigenvalue weighted by Gasteiger charge is 2.11. The summed E-state index contributed by atoms with van der Waals surface area (Å²) in [6.07, 6.45) is 0. The first-order chi connectivity index (χ1) is 11.3. The lowest BCUT2D eigenvalue weighted by Crippen LogP contribution is -2.12. The molecule has 8 heteroatoms. The highest BCUT2D eigenvalue weighted by Crippen LogP contribution is 2.29. The normalized spacial score (nSPS) is 10.4. The van der Waals surface area contributed by atoms with Crippen LogP contribution in [0, 0.1) is 0 Å². The van der Waals surface area contributed by atoms with Crippen LogP contribution in [0.15, 0.2) is 42.5 Å². The Bertz CT molecular complexity index is 751. The predicted molar refractivity (Wildman–Crippen MR) is 86.8 cm³/mol. The third-order valence-electron chi connectivity index (χ3n) is 2.87. The molecule has 2 amide bonds. The van der Waals surface area contributed by atoms with Crippen molar-refractivity contribution in [2.45, 2.75) is 13.5 Å². The zero-order valence-corrected chi connectivity index (χ0v) is 13.2. The number of carbonyl (C=O) groups excluding carboxylic acids is 2. The number of nitrogens with one attached hydrogen (secondary N) is 2. The number of ether oxygens (including phenoxy) is 1. The van der Waals surface area contributed by atoms with Crippen LogP contribution >= 0.6 is 11.6 Å². The van der Waals surface area contributed by atoms with Crippen LogP contribution < -0.4 is 15.4 Å². The van der Waals surface area contributed by atoms with Gasteiger partial charge in [0.1, 0.15) is 5.75 Å². The second-order valence-electron chi connectivity index (χ2n) is 4.74. The van der Waals surface area contributed by atoms with Crippen LogP contribution in [0.5, 0.6) is 5.75 Å². The number of anilines is 2. The molecule has 0 radical (unpaired) electrons. The first kappa shape index (κ1) is 17.7. The molecule has 24 heavy (non-hydrogen) atoms. The summed E-state index contributed by atoms with van der Waals surface area (Å²) in [7, 11) is 0. The van der Waals surface area contributed by atoms with Crippen molar-refractivity contribution < 1.29 is 23.1 Å². The molecule has 2 rings (SSSR count). The van der Waals surface area contributed by atoms with Crippen molar-refractivity contribution >= 4 is 34.8 Å². The van der Waals surface area contributed by atoms with Crippen molar-refractivity contribution in [2.75, 3.05) is 10.6 Å². The predicted octanol–water partition coefficient (Wildman–Crippen LogP) is 4.15. The molecule has 0 fully saturated rings. The molecule has 2 aromatic carbocycles. The molecule has 126 valence electrons. The number of hydrogen-bond acceptors (Lipinski definition) is 3. The van der Waals surface area contributed by atoms with Crippen molar-refractivity contribution in [2.24, 2.45) is 0 Å². The monoisotopic (exact) mass is 354 g/mol. The smallest absolute Gasteiger partial charge is 0.387 e. The highest BCUT2D eigenvalue weighted by molar-refractivity contribution is 6.32. The standard InChI is InChI=1S/C16H13ClF2N2O3/c1-9(22)20-11-4-2-10(3-5-11)15(23)21-12-6-7-14(13(17)8-12)24-16(18)19/h2-8,16H,1H3,(H,20,22)(H,21,23). The summed E-state index contributed by atoms with van der Waals surface area (Å²) >= 11 is 5.82. The summed E-state index contributed by atoms with van der Waals surface area (Å²) in [6.45, 7) is -1.60. The molecule has 0 aromatic heterocycles. The fraction of sp³-hybridized carbons (Fsp3) is 0.125. The molecule has 0 saturated heterocycles. The first-order valence-electron chi connectivity index (χ1n) is 6.78. The molecule has 0 aliphatic carbocycles. The van der Waals surface area contributed by atoms with Crippen molar-refractivity contribution in [1.82, 2.24) is 0 Å². The van der Waals surface area contributed by atoms with Gasteiger partial charge in [0.2, 0.25) is 5.91 Å². The number of halogens is 3. The molecule has 0 heterocycles. The van der Waals surface area contributed by atoms with E-state index in [1.807, 2.05) is 0 Å². The van der Waals surface area contributed by atoms with Crippen molar-refractivity contribution in [3.8, 4) is 5.75 Å². The summed E-state index contributed by atoms with van der Waals surface area (Å²) < 4.78 is 28.6. The molecule has 0 aliphatic rings. The molecule has 0 unspecified atom stereocenters. The lowest BCUT2D eigenvalue weighted by Gasteiger charge is -2.10. The number of amides is 2. The van der Waals surface area contributed by atoms with Gasteiger partial charge >= 0.3 is 6.61 Å². The molecule has 2 aromatic rings. The zero-order chi connectivity index (χ0) is 17.7. The Balaban J connectivity index is 2.06. The summed E-state index contributed by atoms with van der Waals surface area (Å²) in [5, 5.41) is 5.13. The number of carbonyl (C=O) groups is 2. The van der Waals surface area contributed by atoms with E-state index in [2.05, 4.69) is 15.4 Å². The third-order valence-corrected chi connectivity index (χ3v) is 3.17. The van der Waals surface area contributed by atoms with E-state index in [-0.39, 0.29) is 16.7 Å². The van der Waals surface area contributed by atoms with Crippen LogP contribution in [0.3, 0.4) is 0 Å². The van der Waals surface area contributed by atoms with Crippen LogP contribution in [0.4, 0.5) is 20.2 Å². The molecule has 0 aliphatic heterocycles. The maximum absolute atomic E-state index is 12.2. The van der Waals surface area contributed by atoms with Gasteiger partial charge in [-0.05, 0) is 42.5 Å². The molecule has 0 spiro atoms. The van der Waals surface area contributed by atoms with Gasteiger partial charge in [-0.3, -0.25) is 9.59 Å². The van der Waals surface area contributed by atoms with E-state index in [4.69, 9.17) is 11.6 Å². The van der Waals surface area contributed by atoms with Gasteiger partial charge in [-0.15, -0.1) is 0 Å². The lowest BCUT2D eigenvalue weighted by atomic mass is 10.2. The van der Waals surface area contributed by atoms with Crippen LogP contribution in [0.1, 0.15) is 17.3 Å². The molecule has 0 bridgehead atoms. The molecule has 2 N–H and O–H groups in total. The minimum atomic E-state index is -2.98. The third kappa shape index (κ3) is 4.92. The Labute approximate surface area is 141 Å². The zero-order valence-electron chi connectivity index (χ0n) is 12.5. The maximum Gasteiger partial charge on any atom is 0.387 e. The van der Waals surface area contributed by atoms with Crippen molar-refractivity contribution in [1.29, 1.82) is 0 Å². The topological polar surface area (TPSA) is 67.4 Å². The van der Waals surface area contributed by atoms with E-state index in [1.54, 1.807) is 12.1 Å². The Morgan fingerprint density at radius 3 is 2.21 bits per heavy atom. The number of alkyl halides is 2. The maximum atomic E-state index is 12.2. The van der Waals surface area contributed by atoms with Gasteiger partial charge in [-0.2, -0.15) is 8.78 Å². The Kier molecular flexibility index (Phi) is 5.70. The van der Waals surface area contributed by atoms with Crippen molar-refractivity contribution in [3.05, 3.63) is 53.1 Å². The Morgan fingerprint density at radius 1 is 1.04 bits per heavy atom. The van der Waals surface area contributed by atoms with Gasteiger partial charge in [0.05, 0.1) is 5.02 Å². The molecule has 5 nitrogen and oxygen atoms in total. The quantitative estimate of drug-likeness (QED) is 0.847. The Hall–Kier alpha value is -2.67. The molecule has 0 atom stereocenters. The average Bonchev–Trinajstić information content (AvgIpc) is 2.49. The summed E-state index contributed by atoms with van der Waals surface area (Å²) in [6, 6.07) is 10.2. The number of hydrogen-bond donors (Lipinski definition) is 2. The second-order valence-corrected chi connectivity index (χ2v) is 5.14. The molecule has 0 saturated carbocycles. The van der Waals surface area contributed by atoms with Crippen LogP contribution in [-0.2, 0) is 4.79 Å². The fourth-order valence-corrected chi connectivity index (χ4v) is 2.11. The van der Waals surface area contributed by atoms with Crippen LogP contribution in [0.2, 0.25) is 5.02 Å². The van der Waals surface area contributed by atoms with E-state index < -0.39 is 12.5 Å². The fourth-order valence-electron chi connectivity index (χ4n) is 1.88. The van der Waals surface area contributed by atoms with E-state index in [1.165, 1.54) is 37.3 Å². The van der Waals surface area contributed by atoms with Gasteiger partial charge < -0.3 is 15.4 Å². The SMILES string of the molecule is CC(=O)Nc1ccc(C(=O)Nc2ccc(OC(F)F)c(Cl)c2)cc1. The molecular formula is C16H13ClF2N2O3. The average molecular weight is 355 g/mol. The van der Waals surface area contributed by atoms with E-state index >= 15 is 0 Å². The first-order valence-corrected chi connectivity index (χ1v) is 7.16. The van der Waals surface area contributed by atoms with E-state index in [9.17, 15) is 18.4 Å². The van der Waals surface area contributed by atoms with Gasteiger partial charge in [0.15, 0.2) is 0 Å².